The lowest BCUT2D eigenvalue weighted by Crippen LogP contribution is -2.59. The van der Waals surface area contributed by atoms with Gasteiger partial charge in [-0.3, -0.25) is 9.69 Å². The van der Waals surface area contributed by atoms with Crippen LogP contribution in [0.5, 0.6) is 5.88 Å². The Morgan fingerprint density at radius 2 is 2.13 bits per heavy atom. The van der Waals surface area contributed by atoms with Crippen LogP contribution in [-0.4, -0.2) is 51.2 Å². The molecule has 0 spiro atoms. The second-order valence-corrected chi connectivity index (χ2v) is 8.31. The average Bonchev–Trinajstić information content (AvgIpc) is 2.65. The highest BCUT2D eigenvalue weighted by Gasteiger charge is 2.43. The standard InChI is InChI=1S/C21H24ClF2N3O3/c1-20(30)12-27(13-20)9-3-7-21(24,16-4-2-8-25-18(16)28)19(29)26-11-14-5-6-15(23)10-17(14)22/h2,4-6,8,10,30H,3,7,9,11-13H2,1H3,(H,25,28)(H,26,29)/t21-/m0/s1. The van der Waals surface area contributed by atoms with Crippen molar-refractivity contribution < 1.29 is 23.8 Å². The number of hydrogen-bond donors (Lipinski definition) is 3. The molecule has 3 N–H and O–H groups in total. The van der Waals surface area contributed by atoms with Crippen LogP contribution in [0.2, 0.25) is 5.02 Å². The van der Waals surface area contributed by atoms with E-state index in [0.29, 0.717) is 31.6 Å². The fraction of sp³-hybridized carbons (Fsp3) is 0.429. The van der Waals surface area contributed by atoms with Crippen molar-refractivity contribution in [2.45, 2.75) is 37.6 Å². The lowest BCUT2D eigenvalue weighted by Gasteiger charge is -2.44. The molecule has 9 heteroatoms. The number of rotatable bonds is 8. The van der Waals surface area contributed by atoms with Crippen molar-refractivity contribution in [1.29, 1.82) is 0 Å². The number of halogens is 3. The summed E-state index contributed by atoms with van der Waals surface area (Å²) >= 11 is 5.97. The summed E-state index contributed by atoms with van der Waals surface area (Å²) in [6.07, 6.45) is 1.44. The van der Waals surface area contributed by atoms with E-state index in [4.69, 9.17) is 11.6 Å². The van der Waals surface area contributed by atoms with Gasteiger partial charge in [0.1, 0.15) is 5.82 Å². The number of likely N-dealkylation sites (tertiary alicyclic amines) is 1. The van der Waals surface area contributed by atoms with E-state index in [1.165, 1.54) is 30.5 Å². The molecule has 1 saturated heterocycles. The van der Waals surface area contributed by atoms with Crippen LogP contribution in [0.3, 0.4) is 0 Å². The first kappa shape index (κ1) is 22.4. The molecular formula is C21H24ClF2N3O3. The summed E-state index contributed by atoms with van der Waals surface area (Å²) in [7, 11) is 0. The SMILES string of the molecule is CC1(O)CN(CCC[C@@](F)(C(=O)NCc2ccc(F)cc2Cl)c2cccnc2O)C1. The highest BCUT2D eigenvalue weighted by molar-refractivity contribution is 6.31. The maximum atomic E-state index is 16.0. The number of amides is 1. The summed E-state index contributed by atoms with van der Waals surface area (Å²) < 4.78 is 29.2. The number of benzene rings is 1. The third kappa shape index (κ3) is 5.06. The van der Waals surface area contributed by atoms with Gasteiger partial charge in [0.15, 0.2) is 0 Å². The van der Waals surface area contributed by atoms with E-state index in [9.17, 15) is 19.4 Å². The monoisotopic (exact) mass is 439 g/mol. The van der Waals surface area contributed by atoms with E-state index in [1.807, 2.05) is 4.90 Å². The molecule has 2 aromatic rings. The van der Waals surface area contributed by atoms with Crippen molar-refractivity contribution in [3.8, 4) is 5.88 Å². The average molecular weight is 440 g/mol. The Kier molecular flexibility index (Phi) is 6.59. The van der Waals surface area contributed by atoms with Gasteiger partial charge in [-0.2, -0.15) is 0 Å². The van der Waals surface area contributed by atoms with Crippen molar-refractivity contribution in [2.75, 3.05) is 19.6 Å². The fourth-order valence-electron chi connectivity index (χ4n) is 3.68. The van der Waals surface area contributed by atoms with Crippen LogP contribution >= 0.6 is 11.6 Å². The van der Waals surface area contributed by atoms with E-state index in [-0.39, 0.29) is 23.6 Å². The van der Waals surface area contributed by atoms with Crippen LogP contribution in [0.4, 0.5) is 8.78 Å². The van der Waals surface area contributed by atoms with E-state index in [1.54, 1.807) is 6.92 Å². The molecule has 0 bridgehead atoms. The van der Waals surface area contributed by atoms with Crippen molar-refractivity contribution in [1.82, 2.24) is 15.2 Å². The molecule has 2 heterocycles. The van der Waals surface area contributed by atoms with Crippen molar-refractivity contribution in [2.24, 2.45) is 0 Å². The summed E-state index contributed by atoms with van der Waals surface area (Å²) in [5.41, 5.74) is -3.03. The summed E-state index contributed by atoms with van der Waals surface area (Å²) in [5.74, 6) is -2.01. The molecule has 1 fully saturated rings. The zero-order valence-electron chi connectivity index (χ0n) is 16.5. The molecule has 1 aromatic carbocycles. The minimum absolute atomic E-state index is 0.0976. The minimum Gasteiger partial charge on any atom is -0.493 e. The summed E-state index contributed by atoms with van der Waals surface area (Å²) in [4.78, 5) is 18.5. The predicted molar refractivity (Wildman–Crippen MR) is 108 cm³/mol. The number of aromatic nitrogens is 1. The van der Waals surface area contributed by atoms with Crippen LogP contribution < -0.4 is 5.32 Å². The molecule has 3 rings (SSSR count). The number of nitrogens with zero attached hydrogens (tertiary/aromatic N) is 2. The van der Waals surface area contributed by atoms with Gasteiger partial charge in [-0.25, -0.2) is 13.8 Å². The third-order valence-electron chi connectivity index (χ3n) is 5.15. The first-order valence-corrected chi connectivity index (χ1v) is 9.99. The Morgan fingerprint density at radius 3 is 2.77 bits per heavy atom. The normalized spacial score (nSPS) is 17.8. The molecule has 1 aromatic heterocycles. The first-order valence-electron chi connectivity index (χ1n) is 9.61. The molecule has 0 aliphatic carbocycles. The number of aromatic hydroxyl groups is 1. The van der Waals surface area contributed by atoms with Gasteiger partial charge in [0, 0.05) is 30.9 Å². The van der Waals surface area contributed by atoms with E-state index in [0.717, 1.165) is 6.07 Å². The molecule has 30 heavy (non-hydrogen) atoms. The smallest absolute Gasteiger partial charge is 0.262 e. The number of pyridine rings is 1. The van der Waals surface area contributed by atoms with Crippen LogP contribution in [0.15, 0.2) is 36.5 Å². The second kappa shape index (κ2) is 8.83. The Labute approximate surface area is 178 Å². The van der Waals surface area contributed by atoms with Gasteiger partial charge in [0.25, 0.3) is 5.91 Å². The van der Waals surface area contributed by atoms with Gasteiger partial charge in [0.05, 0.1) is 11.2 Å². The predicted octanol–water partition coefficient (Wildman–Crippen LogP) is 2.91. The molecule has 1 aliphatic heterocycles. The van der Waals surface area contributed by atoms with Gasteiger partial charge in [-0.15, -0.1) is 0 Å². The lowest BCUT2D eigenvalue weighted by molar-refractivity contribution is -0.135. The number of β-amino-alcohol motifs (C(OH)–C–C–N with tert-alkyl or cyclic N) is 1. The number of aliphatic hydroxyl groups is 1. The van der Waals surface area contributed by atoms with Crippen LogP contribution in [-0.2, 0) is 17.0 Å². The maximum Gasteiger partial charge on any atom is 0.262 e. The van der Waals surface area contributed by atoms with E-state index < -0.39 is 28.9 Å². The van der Waals surface area contributed by atoms with Crippen molar-refractivity contribution >= 4 is 17.5 Å². The zero-order valence-corrected chi connectivity index (χ0v) is 17.3. The van der Waals surface area contributed by atoms with Crippen LogP contribution in [0.1, 0.15) is 30.9 Å². The van der Waals surface area contributed by atoms with Gasteiger partial charge < -0.3 is 15.5 Å². The summed E-state index contributed by atoms with van der Waals surface area (Å²) in [6, 6.07) is 6.49. The topological polar surface area (TPSA) is 85.7 Å². The number of carbonyl (C=O) groups excluding carboxylic acids is 1. The number of nitrogens with one attached hydrogen (secondary N) is 1. The van der Waals surface area contributed by atoms with Gasteiger partial charge >= 0.3 is 0 Å². The highest BCUT2D eigenvalue weighted by Crippen LogP contribution is 2.36. The Balaban J connectivity index is 1.71. The zero-order chi connectivity index (χ0) is 21.9. The number of carbonyl (C=O) groups is 1. The number of alkyl halides is 1. The van der Waals surface area contributed by atoms with E-state index in [2.05, 4.69) is 10.3 Å². The van der Waals surface area contributed by atoms with Gasteiger partial charge in [-0.1, -0.05) is 17.7 Å². The van der Waals surface area contributed by atoms with Crippen LogP contribution in [0.25, 0.3) is 0 Å². The van der Waals surface area contributed by atoms with Gasteiger partial charge in [-0.05, 0) is 56.1 Å². The largest absolute Gasteiger partial charge is 0.493 e. The maximum absolute atomic E-state index is 16.0. The molecule has 0 unspecified atom stereocenters. The lowest BCUT2D eigenvalue weighted by atomic mass is 9.89. The Morgan fingerprint density at radius 1 is 1.40 bits per heavy atom. The van der Waals surface area contributed by atoms with Gasteiger partial charge in [0.2, 0.25) is 11.5 Å². The second-order valence-electron chi connectivity index (χ2n) is 7.91. The highest BCUT2D eigenvalue weighted by atomic mass is 35.5. The molecule has 1 amide bonds. The fourth-order valence-corrected chi connectivity index (χ4v) is 3.91. The quantitative estimate of drug-likeness (QED) is 0.589. The molecule has 162 valence electrons. The first-order chi connectivity index (χ1) is 14.1. The molecule has 1 atom stereocenters. The van der Waals surface area contributed by atoms with Crippen molar-refractivity contribution in [3.63, 3.8) is 0 Å². The Hall–Kier alpha value is -2.29. The summed E-state index contributed by atoms with van der Waals surface area (Å²) in [5, 5.41) is 22.5. The minimum atomic E-state index is -2.52. The molecule has 0 saturated carbocycles. The molecule has 0 radical (unpaired) electrons. The van der Waals surface area contributed by atoms with Crippen LogP contribution in [0, 0.1) is 5.82 Å². The summed E-state index contributed by atoms with van der Waals surface area (Å²) in [6.45, 7) is 3.10. The molecule has 6 nitrogen and oxygen atoms in total. The number of hydrogen-bond acceptors (Lipinski definition) is 5. The van der Waals surface area contributed by atoms with E-state index >= 15 is 4.39 Å². The molecule has 1 aliphatic rings. The molecular weight excluding hydrogens is 416 g/mol. The third-order valence-corrected chi connectivity index (χ3v) is 5.50. The van der Waals surface area contributed by atoms with Crippen molar-refractivity contribution in [3.05, 3.63) is 58.5 Å². The Bertz CT molecular complexity index is 920.